The summed E-state index contributed by atoms with van der Waals surface area (Å²) in [6.07, 6.45) is 0.963. The largest absolute Gasteiger partial charge is 0.331 e. The summed E-state index contributed by atoms with van der Waals surface area (Å²) in [5.41, 5.74) is 4.56. The number of nitrogens with one attached hydrogen (secondary N) is 1. The number of hydrogen-bond acceptors (Lipinski definition) is 2. The molecular weight excluding hydrogens is 359 g/mol. The number of anilines is 1. The minimum Gasteiger partial charge on any atom is -0.331 e. The summed E-state index contributed by atoms with van der Waals surface area (Å²) in [7, 11) is 0. The van der Waals surface area contributed by atoms with Crippen molar-refractivity contribution in [3.63, 3.8) is 0 Å². The zero-order valence-electron chi connectivity index (χ0n) is 14.9. The minimum absolute atomic E-state index is 0.148. The van der Waals surface area contributed by atoms with Crippen molar-refractivity contribution in [2.75, 3.05) is 5.32 Å². The number of aromatic nitrogens is 1. The molecule has 0 aliphatic rings. The van der Waals surface area contributed by atoms with Crippen LogP contribution in [0, 0.1) is 5.82 Å². The molecule has 2 aromatic heterocycles. The highest BCUT2D eigenvalue weighted by molar-refractivity contribution is 7.17. The van der Waals surface area contributed by atoms with Crippen molar-refractivity contribution >= 4 is 33.1 Å². The van der Waals surface area contributed by atoms with Gasteiger partial charge in [0.2, 0.25) is 0 Å². The van der Waals surface area contributed by atoms with Crippen LogP contribution >= 0.6 is 11.3 Å². The van der Waals surface area contributed by atoms with E-state index in [4.69, 9.17) is 0 Å². The third-order valence-corrected chi connectivity index (χ3v) is 5.48. The molecule has 0 spiro atoms. The molecule has 2 aromatic carbocycles. The van der Waals surface area contributed by atoms with Crippen molar-refractivity contribution in [1.82, 2.24) is 4.57 Å². The number of nitrogens with zero attached hydrogens (tertiary/aromatic N) is 1. The van der Waals surface area contributed by atoms with Crippen LogP contribution in [0.25, 0.3) is 10.2 Å². The number of fused-ring (bicyclic) bond motifs is 1. The van der Waals surface area contributed by atoms with E-state index in [-0.39, 0.29) is 11.7 Å². The number of benzene rings is 2. The van der Waals surface area contributed by atoms with Crippen LogP contribution in [-0.2, 0) is 13.0 Å². The zero-order chi connectivity index (χ0) is 18.8. The fraction of sp³-hybridized carbons (Fsp3) is 0.136. The topological polar surface area (TPSA) is 34.0 Å². The molecule has 4 aromatic rings. The third kappa shape index (κ3) is 3.64. The van der Waals surface area contributed by atoms with E-state index in [0.717, 1.165) is 27.9 Å². The second-order valence-corrected chi connectivity index (χ2v) is 7.36. The molecule has 0 aliphatic carbocycles. The lowest BCUT2D eigenvalue weighted by Gasteiger charge is -2.11. The molecule has 0 radical (unpaired) electrons. The number of rotatable bonds is 5. The molecule has 0 unspecified atom stereocenters. The summed E-state index contributed by atoms with van der Waals surface area (Å²) >= 11 is 1.60. The Morgan fingerprint density at radius 3 is 2.44 bits per heavy atom. The van der Waals surface area contributed by atoms with Crippen LogP contribution in [0.15, 0.2) is 66.0 Å². The molecule has 1 amide bonds. The zero-order valence-corrected chi connectivity index (χ0v) is 15.7. The summed E-state index contributed by atoms with van der Waals surface area (Å²) in [5, 5.41) is 4.99. The van der Waals surface area contributed by atoms with Gasteiger partial charge in [0.1, 0.15) is 11.5 Å². The Kier molecular flexibility index (Phi) is 4.77. The van der Waals surface area contributed by atoms with Crippen LogP contribution in [0.3, 0.4) is 0 Å². The molecule has 4 rings (SSSR count). The van der Waals surface area contributed by atoms with E-state index < -0.39 is 0 Å². The molecule has 0 fully saturated rings. The second kappa shape index (κ2) is 7.37. The predicted octanol–water partition coefficient (Wildman–Crippen LogP) is 5.70. The smallest absolute Gasteiger partial charge is 0.272 e. The quantitative estimate of drug-likeness (QED) is 0.474. The second-order valence-electron chi connectivity index (χ2n) is 6.42. The molecule has 0 atom stereocenters. The van der Waals surface area contributed by atoms with Gasteiger partial charge in [0.15, 0.2) is 0 Å². The number of thiophene rings is 1. The van der Waals surface area contributed by atoms with Crippen LogP contribution in [0.2, 0.25) is 0 Å². The van der Waals surface area contributed by atoms with Crippen LogP contribution < -0.4 is 5.32 Å². The first-order valence-electron chi connectivity index (χ1n) is 8.85. The normalized spacial score (nSPS) is 11.0. The lowest BCUT2D eigenvalue weighted by atomic mass is 10.1. The molecule has 1 N–H and O–H groups in total. The number of aryl methyl sites for hydroxylation is 1. The Morgan fingerprint density at radius 2 is 1.74 bits per heavy atom. The van der Waals surface area contributed by atoms with Crippen molar-refractivity contribution in [2.45, 2.75) is 19.9 Å². The summed E-state index contributed by atoms with van der Waals surface area (Å²) < 4.78 is 16.2. The van der Waals surface area contributed by atoms with Crippen molar-refractivity contribution in [2.24, 2.45) is 0 Å². The first-order chi connectivity index (χ1) is 13.1. The Bertz CT molecular complexity index is 1080. The van der Waals surface area contributed by atoms with Crippen molar-refractivity contribution < 1.29 is 9.18 Å². The lowest BCUT2D eigenvalue weighted by molar-refractivity contribution is 0.101. The molecule has 0 saturated heterocycles. The van der Waals surface area contributed by atoms with E-state index in [2.05, 4.69) is 12.2 Å². The van der Waals surface area contributed by atoms with Crippen molar-refractivity contribution in [1.29, 1.82) is 0 Å². The molecule has 136 valence electrons. The van der Waals surface area contributed by atoms with E-state index in [0.29, 0.717) is 12.2 Å². The predicted molar refractivity (Wildman–Crippen MR) is 109 cm³/mol. The molecule has 2 heterocycles. The van der Waals surface area contributed by atoms with E-state index in [1.54, 1.807) is 23.5 Å². The average molecular weight is 378 g/mol. The van der Waals surface area contributed by atoms with Gasteiger partial charge < -0.3 is 9.88 Å². The highest BCUT2D eigenvalue weighted by Crippen LogP contribution is 2.27. The van der Waals surface area contributed by atoms with Crippen LogP contribution in [0.4, 0.5) is 10.1 Å². The van der Waals surface area contributed by atoms with Crippen LogP contribution in [0.1, 0.15) is 28.5 Å². The van der Waals surface area contributed by atoms with Gasteiger partial charge in [-0.3, -0.25) is 4.79 Å². The molecule has 27 heavy (non-hydrogen) atoms. The van der Waals surface area contributed by atoms with Crippen LogP contribution in [0.5, 0.6) is 0 Å². The maximum absolute atomic E-state index is 13.2. The van der Waals surface area contributed by atoms with Gasteiger partial charge in [0.05, 0.1) is 10.2 Å². The average Bonchev–Trinajstić information content (AvgIpc) is 3.27. The number of carbonyl (C=O) groups is 1. The number of carbonyl (C=O) groups excluding carboxylic acids is 1. The van der Waals surface area contributed by atoms with E-state index in [9.17, 15) is 9.18 Å². The molecule has 3 nitrogen and oxygen atoms in total. The fourth-order valence-electron chi connectivity index (χ4n) is 3.13. The van der Waals surface area contributed by atoms with Gasteiger partial charge in [0.25, 0.3) is 5.91 Å². The fourth-order valence-corrected chi connectivity index (χ4v) is 3.95. The Hall–Kier alpha value is -2.92. The monoisotopic (exact) mass is 378 g/mol. The standard InChI is InChI=1S/C22H19FN2OS/c1-2-15-5-9-18(10-6-15)24-22(26)20-13-21-19(11-12-27-21)25(20)14-16-3-7-17(23)8-4-16/h3-13H,2,14H2,1H3,(H,24,26). The summed E-state index contributed by atoms with van der Waals surface area (Å²) in [6.45, 7) is 2.61. The van der Waals surface area contributed by atoms with Gasteiger partial charge in [-0.1, -0.05) is 31.2 Å². The van der Waals surface area contributed by atoms with Crippen LogP contribution in [-0.4, -0.2) is 10.5 Å². The number of hydrogen-bond donors (Lipinski definition) is 1. The summed E-state index contributed by atoms with van der Waals surface area (Å²) in [4.78, 5) is 12.9. The first kappa shape index (κ1) is 17.5. The van der Waals surface area contributed by atoms with Crippen molar-refractivity contribution in [3.05, 3.63) is 88.7 Å². The highest BCUT2D eigenvalue weighted by Gasteiger charge is 2.17. The first-order valence-corrected chi connectivity index (χ1v) is 9.73. The lowest BCUT2D eigenvalue weighted by Crippen LogP contribution is -2.17. The summed E-state index contributed by atoms with van der Waals surface area (Å²) in [6, 6.07) is 18.2. The van der Waals surface area contributed by atoms with Gasteiger partial charge in [-0.2, -0.15) is 0 Å². The van der Waals surface area contributed by atoms with Crippen molar-refractivity contribution in [3.8, 4) is 0 Å². The molecule has 5 heteroatoms. The SMILES string of the molecule is CCc1ccc(NC(=O)c2cc3sccc3n2Cc2ccc(F)cc2)cc1. The third-order valence-electron chi connectivity index (χ3n) is 4.63. The van der Waals surface area contributed by atoms with Gasteiger partial charge in [-0.05, 0) is 59.3 Å². The van der Waals surface area contributed by atoms with E-state index in [1.165, 1.54) is 17.7 Å². The maximum atomic E-state index is 13.2. The van der Waals surface area contributed by atoms with Gasteiger partial charge in [-0.25, -0.2) is 4.39 Å². The Labute approximate surface area is 161 Å². The Balaban J connectivity index is 1.64. The number of amides is 1. The minimum atomic E-state index is -0.263. The summed E-state index contributed by atoms with van der Waals surface area (Å²) in [5.74, 6) is -0.412. The van der Waals surface area contributed by atoms with Gasteiger partial charge in [0, 0.05) is 12.2 Å². The molecule has 0 bridgehead atoms. The number of halogens is 1. The van der Waals surface area contributed by atoms with E-state index >= 15 is 0 Å². The van der Waals surface area contributed by atoms with E-state index in [1.807, 2.05) is 46.3 Å². The highest BCUT2D eigenvalue weighted by atomic mass is 32.1. The molecule has 0 saturated carbocycles. The Morgan fingerprint density at radius 1 is 1.04 bits per heavy atom. The molecular formula is C22H19FN2OS. The van der Waals surface area contributed by atoms with Gasteiger partial charge in [-0.15, -0.1) is 11.3 Å². The maximum Gasteiger partial charge on any atom is 0.272 e. The molecule has 0 aliphatic heterocycles. The van der Waals surface area contributed by atoms with Gasteiger partial charge >= 0.3 is 0 Å².